The summed E-state index contributed by atoms with van der Waals surface area (Å²) in [7, 11) is 0. The molecular formula is C17H18N2O4. The number of amides is 1. The molecule has 0 radical (unpaired) electrons. The minimum Gasteiger partial charge on any atom is -0.479 e. The van der Waals surface area contributed by atoms with Crippen LogP contribution in [-0.4, -0.2) is 23.0 Å². The van der Waals surface area contributed by atoms with E-state index in [9.17, 15) is 9.59 Å². The van der Waals surface area contributed by atoms with Gasteiger partial charge in [-0.2, -0.15) is 0 Å². The number of hydrogen-bond acceptors (Lipinski definition) is 5. The highest BCUT2D eigenvalue weighted by Crippen LogP contribution is 2.36. The van der Waals surface area contributed by atoms with Crippen LogP contribution in [0.3, 0.4) is 0 Å². The van der Waals surface area contributed by atoms with Crippen molar-refractivity contribution in [3.8, 4) is 5.75 Å². The molecule has 2 heterocycles. The first kappa shape index (κ1) is 15.3. The maximum absolute atomic E-state index is 12.6. The maximum atomic E-state index is 12.6. The van der Waals surface area contributed by atoms with Crippen LogP contribution in [0.4, 0.5) is 5.69 Å². The molecule has 1 amide bonds. The molecule has 1 unspecified atom stereocenters. The van der Waals surface area contributed by atoms with E-state index < -0.39 is 6.10 Å². The lowest BCUT2D eigenvalue weighted by Gasteiger charge is -2.33. The summed E-state index contributed by atoms with van der Waals surface area (Å²) in [6.45, 7) is 7.20. The van der Waals surface area contributed by atoms with Crippen molar-refractivity contribution in [3.05, 3.63) is 40.8 Å². The predicted octanol–water partition coefficient (Wildman–Crippen LogP) is 2.81. The third-order valence-electron chi connectivity index (χ3n) is 4.07. The van der Waals surface area contributed by atoms with Crippen LogP contribution in [-0.2, 0) is 11.3 Å². The molecular weight excluding hydrogens is 296 g/mol. The molecule has 23 heavy (non-hydrogen) atoms. The van der Waals surface area contributed by atoms with Crippen molar-refractivity contribution in [2.45, 2.75) is 40.3 Å². The Morgan fingerprint density at radius 2 is 2.09 bits per heavy atom. The predicted molar refractivity (Wildman–Crippen MR) is 83.7 cm³/mol. The van der Waals surface area contributed by atoms with E-state index in [1.165, 1.54) is 6.92 Å². The van der Waals surface area contributed by atoms with Crippen LogP contribution in [0.2, 0.25) is 0 Å². The van der Waals surface area contributed by atoms with Gasteiger partial charge in [-0.25, -0.2) is 0 Å². The van der Waals surface area contributed by atoms with E-state index in [2.05, 4.69) is 5.16 Å². The topological polar surface area (TPSA) is 72.6 Å². The molecule has 1 aliphatic rings. The highest BCUT2D eigenvalue weighted by atomic mass is 16.5. The molecule has 0 N–H and O–H groups in total. The van der Waals surface area contributed by atoms with Gasteiger partial charge in [0.1, 0.15) is 11.5 Å². The number of anilines is 1. The summed E-state index contributed by atoms with van der Waals surface area (Å²) in [5, 5.41) is 3.93. The number of nitrogens with zero attached hydrogens (tertiary/aromatic N) is 2. The van der Waals surface area contributed by atoms with E-state index >= 15 is 0 Å². The van der Waals surface area contributed by atoms with Gasteiger partial charge in [-0.05, 0) is 45.9 Å². The Morgan fingerprint density at radius 1 is 1.35 bits per heavy atom. The van der Waals surface area contributed by atoms with Gasteiger partial charge in [0.15, 0.2) is 11.9 Å². The molecule has 0 saturated carbocycles. The fourth-order valence-electron chi connectivity index (χ4n) is 2.67. The number of carbonyl (C=O) groups excluding carboxylic acids is 2. The molecule has 3 rings (SSSR count). The minimum absolute atomic E-state index is 0.0591. The van der Waals surface area contributed by atoms with Crippen LogP contribution < -0.4 is 9.64 Å². The number of aryl methyl sites for hydroxylation is 2. The van der Waals surface area contributed by atoms with Gasteiger partial charge in [0.25, 0.3) is 5.91 Å². The Labute approximate surface area is 134 Å². The second-order valence-electron chi connectivity index (χ2n) is 5.73. The highest BCUT2D eigenvalue weighted by Gasteiger charge is 2.33. The van der Waals surface area contributed by atoms with Crippen LogP contribution in [0.25, 0.3) is 0 Å². The van der Waals surface area contributed by atoms with Gasteiger partial charge in [0.2, 0.25) is 0 Å². The number of aromatic nitrogens is 1. The summed E-state index contributed by atoms with van der Waals surface area (Å²) in [4.78, 5) is 25.9. The monoisotopic (exact) mass is 314 g/mol. The first-order valence-electron chi connectivity index (χ1n) is 7.43. The highest BCUT2D eigenvalue weighted by molar-refractivity contribution is 6.02. The Balaban J connectivity index is 2.07. The normalized spacial score (nSPS) is 17.0. The van der Waals surface area contributed by atoms with E-state index in [-0.39, 0.29) is 11.7 Å². The lowest BCUT2D eigenvalue weighted by Crippen LogP contribution is -2.44. The molecule has 0 spiro atoms. The summed E-state index contributed by atoms with van der Waals surface area (Å²) in [6, 6.07) is 5.13. The summed E-state index contributed by atoms with van der Waals surface area (Å²) in [5.74, 6) is 1.06. The second-order valence-corrected chi connectivity index (χ2v) is 5.73. The molecule has 6 heteroatoms. The van der Waals surface area contributed by atoms with E-state index in [1.54, 1.807) is 30.0 Å². The zero-order valence-electron chi connectivity index (χ0n) is 13.5. The molecule has 0 fully saturated rings. The Kier molecular flexibility index (Phi) is 3.67. The first-order chi connectivity index (χ1) is 10.9. The summed E-state index contributed by atoms with van der Waals surface area (Å²) in [6.07, 6.45) is -0.578. The molecule has 0 saturated heterocycles. The van der Waals surface area contributed by atoms with E-state index in [0.717, 1.165) is 11.3 Å². The van der Waals surface area contributed by atoms with Gasteiger partial charge in [-0.1, -0.05) is 5.16 Å². The quantitative estimate of drug-likeness (QED) is 0.815. The van der Waals surface area contributed by atoms with Gasteiger partial charge in [-0.15, -0.1) is 0 Å². The van der Waals surface area contributed by atoms with Gasteiger partial charge >= 0.3 is 0 Å². The van der Waals surface area contributed by atoms with Gasteiger partial charge < -0.3 is 14.2 Å². The molecule has 1 aromatic carbocycles. The minimum atomic E-state index is -0.578. The van der Waals surface area contributed by atoms with E-state index in [1.807, 2.05) is 13.8 Å². The Morgan fingerprint density at radius 3 is 2.70 bits per heavy atom. The van der Waals surface area contributed by atoms with Crippen molar-refractivity contribution in [2.24, 2.45) is 0 Å². The van der Waals surface area contributed by atoms with Crippen LogP contribution in [0, 0.1) is 13.8 Å². The number of ether oxygens (including phenoxy) is 1. The van der Waals surface area contributed by atoms with Crippen LogP contribution in [0.5, 0.6) is 5.75 Å². The maximum Gasteiger partial charge on any atom is 0.268 e. The van der Waals surface area contributed by atoms with Gasteiger partial charge in [0, 0.05) is 11.1 Å². The average Bonchev–Trinajstić information content (AvgIpc) is 2.82. The molecule has 120 valence electrons. The molecule has 1 aliphatic heterocycles. The second kappa shape index (κ2) is 5.53. The van der Waals surface area contributed by atoms with Crippen LogP contribution in [0.1, 0.15) is 41.2 Å². The Hall–Kier alpha value is -2.63. The third kappa shape index (κ3) is 2.60. The molecule has 6 nitrogen and oxygen atoms in total. The first-order valence-corrected chi connectivity index (χ1v) is 7.43. The number of fused-ring (bicyclic) bond motifs is 1. The zero-order chi connectivity index (χ0) is 16.7. The summed E-state index contributed by atoms with van der Waals surface area (Å²) >= 11 is 0. The lowest BCUT2D eigenvalue weighted by molar-refractivity contribution is -0.125. The van der Waals surface area contributed by atoms with Gasteiger partial charge in [-0.3, -0.25) is 9.59 Å². The largest absolute Gasteiger partial charge is 0.479 e. The summed E-state index contributed by atoms with van der Waals surface area (Å²) < 4.78 is 10.8. The zero-order valence-corrected chi connectivity index (χ0v) is 13.5. The van der Waals surface area contributed by atoms with Crippen molar-refractivity contribution in [1.82, 2.24) is 5.16 Å². The van der Waals surface area contributed by atoms with E-state index in [4.69, 9.17) is 9.26 Å². The number of rotatable bonds is 3. The fraction of sp³-hybridized carbons (Fsp3) is 0.353. The smallest absolute Gasteiger partial charge is 0.268 e. The van der Waals surface area contributed by atoms with Crippen LogP contribution >= 0.6 is 0 Å². The number of ketones is 1. The van der Waals surface area contributed by atoms with Gasteiger partial charge in [0.05, 0.1) is 17.9 Å². The number of benzene rings is 1. The molecule has 0 bridgehead atoms. The average molecular weight is 314 g/mol. The lowest BCUT2D eigenvalue weighted by atomic mass is 10.1. The van der Waals surface area contributed by atoms with Crippen molar-refractivity contribution in [3.63, 3.8) is 0 Å². The number of hydrogen-bond donors (Lipinski definition) is 0. The SMILES string of the molecule is CC(=O)c1ccc2c(c1)N(Cc1c(C)noc1C)C(=O)C(C)O2. The van der Waals surface area contributed by atoms with Crippen LogP contribution in [0.15, 0.2) is 22.7 Å². The summed E-state index contributed by atoms with van der Waals surface area (Å²) in [5.41, 5.74) is 2.75. The van der Waals surface area contributed by atoms with Crippen molar-refractivity contribution < 1.29 is 18.8 Å². The van der Waals surface area contributed by atoms with Crippen molar-refractivity contribution in [1.29, 1.82) is 0 Å². The fourth-order valence-corrected chi connectivity index (χ4v) is 2.67. The Bertz CT molecular complexity index is 774. The van der Waals surface area contributed by atoms with Crippen molar-refractivity contribution >= 4 is 17.4 Å². The standard InChI is InChI=1S/C17H18N2O4/c1-9-14(11(3)23-18-9)8-19-15-7-13(10(2)20)5-6-16(15)22-12(4)17(19)21/h5-7,12H,8H2,1-4H3. The molecule has 2 aromatic rings. The number of carbonyl (C=O) groups is 2. The molecule has 0 aliphatic carbocycles. The number of Topliss-reactive ketones (excluding diaryl/α,β-unsaturated/α-hetero) is 1. The third-order valence-corrected chi connectivity index (χ3v) is 4.07. The van der Waals surface area contributed by atoms with E-state index in [0.29, 0.717) is 29.3 Å². The van der Waals surface area contributed by atoms with Crippen molar-refractivity contribution in [2.75, 3.05) is 4.90 Å². The molecule has 1 aromatic heterocycles. The molecule has 1 atom stereocenters.